The molecular formula is C29H39N3O5. The molecule has 3 rings (SSSR count). The van der Waals surface area contributed by atoms with Crippen LogP contribution < -0.4 is 10.9 Å². The molecule has 1 fully saturated rings. The maximum atomic E-state index is 12.5. The molecule has 0 unspecified atom stereocenters. The minimum absolute atomic E-state index is 0.316. The molecule has 2 amide bonds. The molecule has 0 spiro atoms. The van der Waals surface area contributed by atoms with Crippen molar-refractivity contribution in [3.05, 3.63) is 70.8 Å². The summed E-state index contributed by atoms with van der Waals surface area (Å²) in [6.45, 7) is 4.27. The van der Waals surface area contributed by atoms with E-state index in [0.29, 0.717) is 22.6 Å². The SMILES string of the molecule is COCCCCCCCN1CCC(c2ccc(C(=O)NNC(=O)c3ccc(C(=O)OC)cc3)cc2)CC1. The molecule has 1 aliphatic heterocycles. The number of rotatable bonds is 12. The number of carbonyl (C=O) groups is 3. The number of methoxy groups -OCH3 is 2. The van der Waals surface area contributed by atoms with Gasteiger partial charge in [0.1, 0.15) is 0 Å². The van der Waals surface area contributed by atoms with Crippen LogP contribution in [-0.4, -0.2) is 63.1 Å². The van der Waals surface area contributed by atoms with Crippen molar-refractivity contribution in [3.63, 3.8) is 0 Å². The van der Waals surface area contributed by atoms with E-state index in [-0.39, 0.29) is 5.91 Å². The number of hydrogen-bond acceptors (Lipinski definition) is 6. The molecule has 0 saturated carbocycles. The molecule has 1 heterocycles. The summed E-state index contributed by atoms with van der Waals surface area (Å²) in [5, 5.41) is 0. The van der Waals surface area contributed by atoms with Crippen molar-refractivity contribution in [3.8, 4) is 0 Å². The Hall–Kier alpha value is -3.23. The molecule has 0 aromatic heterocycles. The first-order valence-corrected chi connectivity index (χ1v) is 13.1. The molecule has 2 aromatic rings. The number of carbonyl (C=O) groups excluding carboxylic acids is 3. The van der Waals surface area contributed by atoms with E-state index in [4.69, 9.17) is 4.74 Å². The van der Waals surface area contributed by atoms with Gasteiger partial charge in [0.15, 0.2) is 0 Å². The van der Waals surface area contributed by atoms with Crippen LogP contribution in [0.4, 0.5) is 0 Å². The standard InChI is InChI=1S/C29H39N3O5/c1-36-21-7-5-3-4-6-18-32-19-16-23(17-20-32)22-8-10-24(11-9-22)27(33)30-31-28(34)25-12-14-26(15-13-25)29(35)37-2/h8-15,23H,3-7,16-21H2,1-2H3,(H,30,33)(H,31,34). The van der Waals surface area contributed by atoms with Gasteiger partial charge in [0.05, 0.1) is 12.7 Å². The van der Waals surface area contributed by atoms with E-state index in [0.717, 1.165) is 39.0 Å². The fourth-order valence-corrected chi connectivity index (χ4v) is 4.64. The van der Waals surface area contributed by atoms with E-state index >= 15 is 0 Å². The third kappa shape index (κ3) is 8.98. The Morgan fingerprint density at radius 1 is 0.757 bits per heavy atom. The first kappa shape index (κ1) is 28.3. The van der Waals surface area contributed by atoms with E-state index in [9.17, 15) is 14.4 Å². The molecule has 200 valence electrons. The van der Waals surface area contributed by atoms with Gasteiger partial charge in [-0.1, -0.05) is 31.4 Å². The van der Waals surface area contributed by atoms with Crippen molar-refractivity contribution in [1.82, 2.24) is 15.8 Å². The zero-order valence-electron chi connectivity index (χ0n) is 22.0. The lowest BCUT2D eigenvalue weighted by atomic mass is 9.89. The summed E-state index contributed by atoms with van der Waals surface area (Å²) in [4.78, 5) is 38.9. The van der Waals surface area contributed by atoms with Crippen LogP contribution in [0.3, 0.4) is 0 Å². The molecule has 1 aliphatic rings. The minimum atomic E-state index is -0.477. The van der Waals surface area contributed by atoms with Crippen molar-refractivity contribution < 1.29 is 23.9 Å². The second-order valence-corrected chi connectivity index (χ2v) is 9.48. The maximum absolute atomic E-state index is 12.5. The minimum Gasteiger partial charge on any atom is -0.465 e. The number of nitrogens with zero attached hydrogens (tertiary/aromatic N) is 1. The van der Waals surface area contributed by atoms with E-state index in [1.54, 1.807) is 19.2 Å². The Morgan fingerprint density at radius 2 is 1.27 bits per heavy atom. The molecule has 2 aromatic carbocycles. The zero-order valence-corrected chi connectivity index (χ0v) is 22.0. The number of likely N-dealkylation sites (tertiary alicyclic amines) is 1. The highest BCUT2D eigenvalue weighted by molar-refractivity contribution is 5.99. The van der Waals surface area contributed by atoms with Gasteiger partial charge < -0.3 is 14.4 Å². The molecule has 2 N–H and O–H groups in total. The number of benzene rings is 2. The average Bonchev–Trinajstić information content (AvgIpc) is 2.95. The number of hydrazine groups is 1. The van der Waals surface area contributed by atoms with Crippen LogP contribution in [0.25, 0.3) is 0 Å². The molecule has 8 heteroatoms. The first-order chi connectivity index (χ1) is 18.0. The summed E-state index contributed by atoms with van der Waals surface area (Å²) in [6.07, 6.45) is 8.50. The number of piperidine rings is 1. The molecular weight excluding hydrogens is 470 g/mol. The summed E-state index contributed by atoms with van der Waals surface area (Å²) < 4.78 is 9.75. The molecule has 8 nitrogen and oxygen atoms in total. The van der Waals surface area contributed by atoms with Gasteiger partial charge in [0, 0.05) is 24.8 Å². The van der Waals surface area contributed by atoms with Crippen LogP contribution in [-0.2, 0) is 9.47 Å². The van der Waals surface area contributed by atoms with Crippen molar-refractivity contribution in [2.75, 3.05) is 40.5 Å². The lowest BCUT2D eigenvalue weighted by Gasteiger charge is -2.32. The van der Waals surface area contributed by atoms with Crippen LogP contribution in [0.1, 0.15) is 87.5 Å². The van der Waals surface area contributed by atoms with Gasteiger partial charge in [-0.05, 0) is 93.2 Å². The Bertz CT molecular complexity index is 999. The molecule has 1 saturated heterocycles. The third-order valence-corrected chi connectivity index (χ3v) is 6.91. The van der Waals surface area contributed by atoms with Gasteiger partial charge in [0.25, 0.3) is 11.8 Å². The van der Waals surface area contributed by atoms with Gasteiger partial charge in [-0.25, -0.2) is 4.79 Å². The predicted molar refractivity (Wildman–Crippen MR) is 143 cm³/mol. The first-order valence-electron chi connectivity index (χ1n) is 13.1. The summed E-state index contributed by atoms with van der Waals surface area (Å²) in [6, 6.07) is 13.6. The van der Waals surface area contributed by atoms with Gasteiger partial charge in [0.2, 0.25) is 0 Å². The van der Waals surface area contributed by atoms with Crippen LogP contribution >= 0.6 is 0 Å². The fraction of sp³-hybridized carbons (Fsp3) is 0.483. The number of ether oxygens (including phenoxy) is 2. The maximum Gasteiger partial charge on any atom is 0.337 e. The highest BCUT2D eigenvalue weighted by atomic mass is 16.5. The van der Waals surface area contributed by atoms with Crippen molar-refractivity contribution in [1.29, 1.82) is 0 Å². The number of hydrogen-bond donors (Lipinski definition) is 2. The summed E-state index contributed by atoms with van der Waals surface area (Å²) in [7, 11) is 3.05. The molecule has 0 bridgehead atoms. The van der Waals surface area contributed by atoms with Gasteiger partial charge in [-0.2, -0.15) is 0 Å². The highest BCUT2D eigenvalue weighted by Crippen LogP contribution is 2.28. The number of nitrogens with one attached hydrogen (secondary N) is 2. The Morgan fingerprint density at radius 3 is 1.84 bits per heavy atom. The lowest BCUT2D eigenvalue weighted by Crippen LogP contribution is -2.41. The van der Waals surface area contributed by atoms with Crippen LogP contribution in [0, 0.1) is 0 Å². The predicted octanol–water partition coefficient (Wildman–Crippen LogP) is 4.32. The molecule has 0 aliphatic carbocycles. The zero-order chi connectivity index (χ0) is 26.5. The Balaban J connectivity index is 1.37. The monoisotopic (exact) mass is 509 g/mol. The summed E-state index contributed by atoms with van der Waals surface area (Å²) >= 11 is 0. The number of amides is 2. The average molecular weight is 510 g/mol. The molecule has 0 radical (unpaired) electrons. The second kappa shape index (κ2) is 15.1. The van der Waals surface area contributed by atoms with E-state index < -0.39 is 11.9 Å². The van der Waals surface area contributed by atoms with Crippen LogP contribution in [0.5, 0.6) is 0 Å². The largest absolute Gasteiger partial charge is 0.465 e. The Kier molecular flexibility index (Phi) is 11.6. The van der Waals surface area contributed by atoms with Gasteiger partial charge in [-0.15, -0.1) is 0 Å². The summed E-state index contributed by atoms with van der Waals surface area (Å²) in [5.74, 6) is -0.827. The van der Waals surface area contributed by atoms with Crippen molar-refractivity contribution >= 4 is 17.8 Å². The fourth-order valence-electron chi connectivity index (χ4n) is 4.64. The second-order valence-electron chi connectivity index (χ2n) is 9.48. The van der Waals surface area contributed by atoms with Crippen molar-refractivity contribution in [2.24, 2.45) is 0 Å². The molecule has 37 heavy (non-hydrogen) atoms. The van der Waals surface area contributed by atoms with E-state index in [1.165, 1.54) is 69.2 Å². The van der Waals surface area contributed by atoms with E-state index in [1.807, 2.05) is 12.1 Å². The van der Waals surface area contributed by atoms with E-state index in [2.05, 4.69) is 20.5 Å². The Labute approximate surface area is 219 Å². The topological polar surface area (TPSA) is 97.0 Å². The van der Waals surface area contributed by atoms with Crippen LogP contribution in [0.15, 0.2) is 48.5 Å². The van der Waals surface area contributed by atoms with Crippen LogP contribution in [0.2, 0.25) is 0 Å². The molecule has 0 atom stereocenters. The third-order valence-electron chi connectivity index (χ3n) is 6.91. The van der Waals surface area contributed by atoms with Gasteiger partial charge >= 0.3 is 5.97 Å². The normalized spacial score (nSPS) is 14.2. The highest BCUT2D eigenvalue weighted by Gasteiger charge is 2.20. The smallest absolute Gasteiger partial charge is 0.337 e. The quantitative estimate of drug-likeness (QED) is 0.251. The lowest BCUT2D eigenvalue weighted by molar-refractivity contribution is 0.0600. The van der Waals surface area contributed by atoms with Gasteiger partial charge in [-0.3, -0.25) is 20.4 Å². The summed E-state index contributed by atoms with van der Waals surface area (Å²) in [5.41, 5.74) is 7.25. The van der Waals surface area contributed by atoms with Crippen molar-refractivity contribution in [2.45, 2.75) is 50.9 Å². The number of esters is 1. The number of unbranched alkanes of at least 4 members (excludes halogenated alkanes) is 4.